The maximum absolute atomic E-state index is 13.2. The largest absolute Gasteiger partial charge is 0.490 e. The molecule has 5 heteroatoms. The number of ether oxygens (including phenoxy) is 1. The molecule has 0 amide bonds. The van der Waals surface area contributed by atoms with Crippen LogP contribution in [0.1, 0.15) is 13.3 Å². The molecule has 0 bridgehead atoms. The molecule has 0 unspecified atom stereocenters. The van der Waals surface area contributed by atoms with Gasteiger partial charge < -0.3 is 15.4 Å². The summed E-state index contributed by atoms with van der Waals surface area (Å²) in [4.78, 5) is 3.64. The molecule has 1 atom stereocenters. The van der Waals surface area contributed by atoms with Crippen molar-refractivity contribution < 1.29 is 9.13 Å². The molecule has 0 aromatic carbocycles. The van der Waals surface area contributed by atoms with Crippen molar-refractivity contribution in [1.29, 1.82) is 0 Å². The summed E-state index contributed by atoms with van der Waals surface area (Å²) in [5.41, 5.74) is 0.390. The van der Waals surface area contributed by atoms with Gasteiger partial charge in [0, 0.05) is 18.7 Å². The standard InChI is InChI=1S/C11H16FN3O/c1-2-13-10-5-9(6-15-11(10)12)16-7-8-3-4-14-8/h5-6,8,13-14H,2-4,7H2,1H3/t8-/m0/s1. The summed E-state index contributed by atoms with van der Waals surface area (Å²) in [6.07, 6.45) is 2.55. The van der Waals surface area contributed by atoms with E-state index in [-0.39, 0.29) is 0 Å². The summed E-state index contributed by atoms with van der Waals surface area (Å²) in [6.45, 7) is 4.23. The number of anilines is 1. The molecule has 0 saturated carbocycles. The molecule has 1 saturated heterocycles. The molecule has 1 aliphatic heterocycles. The average molecular weight is 225 g/mol. The minimum atomic E-state index is -0.490. The van der Waals surface area contributed by atoms with Crippen LogP contribution in [-0.2, 0) is 0 Å². The highest BCUT2D eigenvalue weighted by molar-refractivity contribution is 5.46. The molecule has 2 rings (SSSR count). The molecule has 4 nitrogen and oxygen atoms in total. The second-order valence-corrected chi connectivity index (χ2v) is 3.79. The first kappa shape index (κ1) is 11.1. The zero-order chi connectivity index (χ0) is 11.4. The molecule has 1 aromatic heterocycles. The van der Waals surface area contributed by atoms with Crippen LogP contribution < -0.4 is 15.4 Å². The first-order chi connectivity index (χ1) is 7.79. The van der Waals surface area contributed by atoms with Gasteiger partial charge in [0.2, 0.25) is 5.95 Å². The summed E-state index contributed by atoms with van der Waals surface area (Å²) in [7, 11) is 0. The predicted molar refractivity (Wildman–Crippen MR) is 60.3 cm³/mol. The lowest BCUT2D eigenvalue weighted by Crippen LogP contribution is -2.46. The molecule has 88 valence electrons. The predicted octanol–water partition coefficient (Wildman–Crippen LogP) is 1.39. The highest BCUT2D eigenvalue weighted by Gasteiger charge is 2.16. The van der Waals surface area contributed by atoms with Crippen LogP contribution in [0.5, 0.6) is 5.75 Å². The Balaban J connectivity index is 1.94. The summed E-state index contributed by atoms with van der Waals surface area (Å²) in [5.74, 6) is 0.113. The lowest BCUT2D eigenvalue weighted by atomic mass is 10.1. The minimum absolute atomic E-state index is 0.390. The van der Waals surface area contributed by atoms with Crippen molar-refractivity contribution in [1.82, 2.24) is 10.3 Å². The van der Waals surface area contributed by atoms with E-state index in [9.17, 15) is 4.39 Å². The van der Waals surface area contributed by atoms with Crippen LogP contribution in [0.25, 0.3) is 0 Å². The van der Waals surface area contributed by atoms with Crippen LogP contribution in [0, 0.1) is 5.95 Å². The summed E-state index contributed by atoms with van der Waals surface area (Å²) in [6, 6.07) is 2.07. The first-order valence-corrected chi connectivity index (χ1v) is 5.55. The van der Waals surface area contributed by atoms with Gasteiger partial charge in [0.25, 0.3) is 0 Å². The Bertz CT molecular complexity index is 355. The molecule has 2 heterocycles. The fourth-order valence-corrected chi connectivity index (χ4v) is 1.51. The van der Waals surface area contributed by atoms with Crippen molar-refractivity contribution in [3.63, 3.8) is 0 Å². The van der Waals surface area contributed by atoms with E-state index in [2.05, 4.69) is 15.6 Å². The third-order valence-electron chi connectivity index (χ3n) is 2.56. The van der Waals surface area contributed by atoms with Gasteiger partial charge in [0.05, 0.1) is 11.9 Å². The highest BCUT2D eigenvalue weighted by atomic mass is 19.1. The topological polar surface area (TPSA) is 46.2 Å². The van der Waals surface area contributed by atoms with Crippen LogP contribution >= 0.6 is 0 Å². The third-order valence-corrected chi connectivity index (χ3v) is 2.56. The summed E-state index contributed by atoms with van der Waals surface area (Å²) in [5, 5.41) is 6.13. The third kappa shape index (κ3) is 2.61. The molecule has 1 fully saturated rings. The van der Waals surface area contributed by atoms with E-state index in [1.807, 2.05) is 6.92 Å². The Hall–Kier alpha value is -1.36. The molecular formula is C11H16FN3O. The monoisotopic (exact) mass is 225 g/mol. The van der Waals surface area contributed by atoms with Gasteiger partial charge in [-0.25, -0.2) is 4.98 Å². The maximum atomic E-state index is 13.2. The average Bonchev–Trinajstić information content (AvgIpc) is 2.21. The van der Waals surface area contributed by atoms with Crippen molar-refractivity contribution in [3.8, 4) is 5.75 Å². The Labute approximate surface area is 94.2 Å². The second kappa shape index (κ2) is 5.12. The Morgan fingerprint density at radius 2 is 2.50 bits per heavy atom. The van der Waals surface area contributed by atoms with Crippen LogP contribution in [-0.4, -0.2) is 30.7 Å². The quantitative estimate of drug-likeness (QED) is 0.743. The van der Waals surface area contributed by atoms with Crippen LogP contribution in [0.3, 0.4) is 0 Å². The van der Waals surface area contributed by atoms with Gasteiger partial charge in [-0.05, 0) is 19.9 Å². The van der Waals surface area contributed by atoms with Gasteiger partial charge in [-0.1, -0.05) is 0 Å². The molecule has 1 aromatic rings. The molecule has 0 aliphatic carbocycles. The first-order valence-electron chi connectivity index (χ1n) is 5.55. The second-order valence-electron chi connectivity index (χ2n) is 3.79. The van der Waals surface area contributed by atoms with E-state index < -0.39 is 5.95 Å². The van der Waals surface area contributed by atoms with Crippen LogP contribution in [0.15, 0.2) is 12.3 Å². The zero-order valence-corrected chi connectivity index (χ0v) is 9.29. The molecular weight excluding hydrogens is 209 g/mol. The van der Waals surface area contributed by atoms with E-state index in [1.165, 1.54) is 6.20 Å². The summed E-state index contributed by atoms with van der Waals surface area (Å²) < 4.78 is 18.7. The number of pyridine rings is 1. The van der Waals surface area contributed by atoms with Crippen LogP contribution in [0.2, 0.25) is 0 Å². The van der Waals surface area contributed by atoms with Gasteiger partial charge >= 0.3 is 0 Å². The molecule has 0 spiro atoms. The van der Waals surface area contributed by atoms with Crippen molar-refractivity contribution in [3.05, 3.63) is 18.2 Å². The number of hydrogen-bond acceptors (Lipinski definition) is 4. The Kier molecular flexibility index (Phi) is 3.56. The van der Waals surface area contributed by atoms with E-state index in [0.717, 1.165) is 13.0 Å². The van der Waals surface area contributed by atoms with Gasteiger partial charge in [0.15, 0.2) is 0 Å². The zero-order valence-electron chi connectivity index (χ0n) is 9.29. The summed E-state index contributed by atoms with van der Waals surface area (Å²) >= 11 is 0. The van der Waals surface area contributed by atoms with Gasteiger partial charge in [-0.15, -0.1) is 0 Å². The van der Waals surface area contributed by atoms with Crippen molar-refractivity contribution in [2.45, 2.75) is 19.4 Å². The van der Waals surface area contributed by atoms with Crippen molar-refractivity contribution in [2.24, 2.45) is 0 Å². The lowest BCUT2D eigenvalue weighted by molar-refractivity contribution is 0.216. The van der Waals surface area contributed by atoms with E-state index in [1.54, 1.807) is 6.07 Å². The van der Waals surface area contributed by atoms with Crippen molar-refractivity contribution in [2.75, 3.05) is 25.0 Å². The fourth-order valence-electron chi connectivity index (χ4n) is 1.51. The Morgan fingerprint density at radius 1 is 1.69 bits per heavy atom. The number of hydrogen-bond donors (Lipinski definition) is 2. The fraction of sp³-hybridized carbons (Fsp3) is 0.545. The van der Waals surface area contributed by atoms with Gasteiger partial charge in [-0.2, -0.15) is 4.39 Å². The number of halogens is 1. The van der Waals surface area contributed by atoms with Crippen LogP contribution in [0.4, 0.5) is 10.1 Å². The normalized spacial score (nSPS) is 19.0. The van der Waals surface area contributed by atoms with Gasteiger partial charge in [0.1, 0.15) is 12.4 Å². The minimum Gasteiger partial charge on any atom is -0.490 e. The number of nitrogens with one attached hydrogen (secondary N) is 2. The highest BCUT2D eigenvalue weighted by Crippen LogP contribution is 2.19. The van der Waals surface area contributed by atoms with E-state index >= 15 is 0 Å². The maximum Gasteiger partial charge on any atom is 0.236 e. The number of nitrogens with zero attached hydrogens (tertiary/aromatic N) is 1. The van der Waals surface area contributed by atoms with E-state index in [4.69, 9.17) is 4.74 Å². The number of aromatic nitrogens is 1. The van der Waals surface area contributed by atoms with E-state index in [0.29, 0.717) is 30.6 Å². The van der Waals surface area contributed by atoms with Crippen molar-refractivity contribution >= 4 is 5.69 Å². The molecule has 1 aliphatic rings. The number of rotatable bonds is 5. The lowest BCUT2D eigenvalue weighted by Gasteiger charge is -2.27. The smallest absolute Gasteiger partial charge is 0.236 e. The SMILES string of the molecule is CCNc1cc(OC[C@@H]2CCN2)cnc1F. The Morgan fingerprint density at radius 3 is 3.12 bits per heavy atom. The van der Waals surface area contributed by atoms with Gasteiger partial charge in [-0.3, -0.25) is 0 Å². The molecule has 0 radical (unpaired) electrons. The molecule has 2 N–H and O–H groups in total. The molecule has 16 heavy (non-hydrogen) atoms.